The molecule has 3 rings (SSSR count). The molecule has 0 saturated heterocycles. The average molecular weight is 431 g/mol. The second kappa shape index (κ2) is 9.85. The van der Waals surface area contributed by atoms with Crippen molar-refractivity contribution in [1.29, 1.82) is 0 Å². The highest BCUT2D eigenvalue weighted by Crippen LogP contribution is 2.22. The average Bonchev–Trinajstić information content (AvgIpc) is 3.18. The maximum atomic E-state index is 13.8. The van der Waals surface area contributed by atoms with Crippen LogP contribution in [0.4, 0.5) is 4.39 Å². The molecule has 0 bridgehead atoms. The van der Waals surface area contributed by atoms with E-state index >= 15 is 0 Å². The molecule has 0 unspecified atom stereocenters. The fraction of sp³-hybridized carbons (Fsp3) is 0.158. The Labute approximate surface area is 175 Å². The molecule has 30 heavy (non-hydrogen) atoms. The zero-order chi connectivity index (χ0) is 21.5. The molecule has 3 N–H and O–H groups in total. The number of carbonyl (C=O) groups excluding carboxylic acids is 2. The van der Waals surface area contributed by atoms with Gasteiger partial charge in [-0.3, -0.25) is 19.4 Å². The van der Waals surface area contributed by atoms with Crippen LogP contribution >= 0.6 is 11.8 Å². The molecule has 1 aromatic heterocycles. The number of aromatic nitrogens is 3. The summed E-state index contributed by atoms with van der Waals surface area (Å²) >= 11 is 1.00. The lowest BCUT2D eigenvalue weighted by atomic mass is 10.2. The normalized spacial score (nSPS) is 10.5. The molecule has 1 heterocycles. The molecular weight excluding hydrogens is 413 g/mol. The van der Waals surface area contributed by atoms with Crippen LogP contribution in [0, 0.1) is 5.82 Å². The molecule has 0 aliphatic heterocycles. The minimum atomic E-state index is -0.622. The Balaban J connectivity index is 1.81. The van der Waals surface area contributed by atoms with Crippen LogP contribution < -0.4 is 15.5 Å². The molecule has 0 radical (unpaired) electrons. The minimum absolute atomic E-state index is 0.0150. The van der Waals surface area contributed by atoms with E-state index in [9.17, 15) is 14.0 Å². The van der Waals surface area contributed by atoms with Crippen molar-refractivity contribution in [3.05, 3.63) is 65.7 Å². The molecule has 0 fully saturated rings. The van der Waals surface area contributed by atoms with Crippen molar-refractivity contribution in [2.45, 2.75) is 11.7 Å². The number of rotatable bonds is 8. The van der Waals surface area contributed by atoms with E-state index < -0.39 is 11.7 Å². The van der Waals surface area contributed by atoms with Crippen molar-refractivity contribution in [3.8, 4) is 11.4 Å². The first-order valence-electron chi connectivity index (χ1n) is 8.70. The number of hydrogen-bond donors (Lipinski definition) is 3. The van der Waals surface area contributed by atoms with Crippen LogP contribution in [0.2, 0.25) is 0 Å². The Morgan fingerprint density at radius 3 is 2.63 bits per heavy atom. The number of amides is 2. The molecule has 0 atom stereocenters. The summed E-state index contributed by atoms with van der Waals surface area (Å²) in [5, 5.41) is 19.8. The highest BCUT2D eigenvalue weighted by molar-refractivity contribution is 7.99. The van der Waals surface area contributed by atoms with Gasteiger partial charge in [-0.05, 0) is 42.5 Å². The molecule has 9 nitrogen and oxygen atoms in total. The Hall–Kier alpha value is -3.44. The Kier molecular flexibility index (Phi) is 6.99. The van der Waals surface area contributed by atoms with Gasteiger partial charge < -0.3 is 10.1 Å². The van der Waals surface area contributed by atoms with E-state index in [4.69, 9.17) is 9.94 Å². The maximum Gasteiger partial charge on any atom is 0.253 e. The van der Waals surface area contributed by atoms with Crippen molar-refractivity contribution >= 4 is 23.6 Å². The molecule has 0 saturated carbocycles. The van der Waals surface area contributed by atoms with Crippen molar-refractivity contribution in [3.63, 3.8) is 0 Å². The third-order valence-corrected chi connectivity index (χ3v) is 4.91. The van der Waals surface area contributed by atoms with Crippen molar-refractivity contribution in [1.82, 2.24) is 25.6 Å². The van der Waals surface area contributed by atoms with Crippen LogP contribution in [0.15, 0.2) is 53.7 Å². The number of hydrogen-bond acceptors (Lipinski definition) is 7. The van der Waals surface area contributed by atoms with E-state index in [-0.39, 0.29) is 18.2 Å². The Bertz CT molecular complexity index is 1040. The second-order valence-corrected chi connectivity index (χ2v) is 6.89. The zero-order valence-electron chi connectivity index (χ0n) is 15.8. The molecule has 3 aromatic rings. The standard InChI is InChI=1S/C19H18FN5O4S/c1-29-15-7-5-12(6-8-15)18(27)21-10-16-22-23-19(30-11-17(26)24-28)25(16)14-4-2-3-13(20)9-14/h2-9,28H,10-11H2,1H3,(H,21,27)(H,24,26). The van der Waals surface area contributed by atoms with Crippen molar-refractivity contribution < 1.29 is 23.9 Å². The van der Waals surface area contributed by atoms with Crippen LogP contribution in [-0.4, -0.2) is 44.6 Å². The van der Waals surface area contributed by atoms with Crippen LogP contribution in [0.1, 0.15) is 16.2 Å². The Morgan fingerprint density at radius 2 is 1.97 bits per heavy atom. The lowest BCUT2D eigenvalue weighted by molar-refractivity contribution is -0.126. The third kappa shape index (κ3) is 5.13. The van der Waals surface area contributed by atoms with Crippen LogP contribution in [-0.2, 0) is 11.3 Å². The van der Waals surface area contributed by atoms with E-state index in [2.05, 4.69) is 15.5 Å². The van der Waals surface area contributed by atoms with E-state index in [0.717, 1.165) is 11.8 Å². The van der Waals surface area contributed by atoms with Gasteiger partial charge in [-0.25, -0.2) is 9.87 Å². The largest absolute Gasteiger partial charge is 0.497 e. The number of carbonyl (C=O) groups is 2. The summed E-state index contributed by atoms with van der Waals surface area (Å²) in [5.41, 5.74) is 2.40. The summed E-state index contributed by atoms with van der Waals surface area (Å²) in [6.07, 6.45) is 0. The number of methoxy groups -OCH3 is 1. The van der Waals surface area contributed by atoms with E-state index in [1.165, 1.54) is 35.4 Å². The highest BCUT2D eigenvalue weighted by Gasteiger charge is 2.17. The fourth-order valence-electron chi connectivity index (χ4n) is 2.55. The number of hydroxylamine groups is 1. The van der Waals surface area contributed by atoms with Gasteiger partial charge in [-0.1, -0.05) is 17.8 Å². The highest BCUT2D eigenvalue weighted by atomic mass is 32.2. The molecule has 11 heteroatoms. The van der Waals surface area contributed by atoms with Gasteiger partial charge in [-0.2, -0.15) is 0 Å². The van der Waals surface area contributed by atoms with E-state index in [1.54, 1.807) is 30.3 Å². The van der Waals surface area contributed by atoms with Gasteiger partial charge in [0, 0.05) is 5.56 Å². The first-order chi connectivity index (χ1) is 14.5. The summed E-state index contributed by atoms with van der Waals surface area (Å²) in [6.45, 7) is 0.0150. The molecular formula is C19H18FN5O4S. The lowest BCUT2D eigenvalue weighted by Crippen LogP contribution is -2.24. The first-order valence-corrected chi connectivity index (χ1v) is 9.68. The number of nitrogens with one attached hydrogen (secondary N) is 2. The van der Waals surface area contributed by atoms with Gasteiger partial charge in [0.25, 0.3) is 11.8 Å². The van der Waals surface area contributed by atoms with Gasteiger partial charge in [-0.15, -0.1) is 10.2 Å². The summed E-state index contributed by atoms with van der Waals surface area (Å²) in [5.74, 6) is -0.565. The van der Waals surface area contributed by atoms with Crippen molar-refractivity contribution in [2.75, 3.05) is 12.9 Å². The monoisotopic (exact) mass is 431 g/mol. The molecule has 2 aromatic carbocycles. The van der Waals surface area contributed by atoms with Gasteiger partial charge in [0.05, 0.1) is 25.1 Å². The topological polar surface area (TPSA) is 118 Å². The summed E-state index contributed by atoms with van der Waals surface area (Å²) in [6, 6.07) is 12.4. The van der Waals surface area contributed by atoms with E-state index in [0.29, 0.717) is 28.0 Å². The van der Waals surface area contributed by atoms with Crippen molar-refractivity contribution in [2.24, 2.45) is 0 Å². The maximum absolute atomic E-state index is 13.8. The van der Waals surface area contributed by atoms with Gasteiger partial charge in [0.15, 0.2) is 11.0 Å². The van der Waals surface area contributed by atoms with Gasteiger partial charge in [0.2, 0.25) is 0 Å². The van der Waals surface area contributed by atoms with Crippen LogP contribution in [0.5, 0.6) is 5.75 Å². The van der Waals surface area contributed by atoms with Crippen LogP contribution in [0.3, 0.4) is 0 Å². The number of thioether (sulfide) groups is 1. The SMILES string of the molecule is COc1ccc(C(=O)NCc2nnc(SCC(=O)NO)n2-c2cccc(F)c2)cc1. The minimum Gasteiger partial charge on any atom is -0.497 e. The summed E-state index contributed by atoms with van der Waals surface area (Å²) in [4.78, 5) is 23.8. The molecule has 156 valence electrons. The lowest BCUT2D eigenvalue weighted by Gasteiger charge is -2.11. The summed E-state index contributed by atoms with van der Waals surface area (Å²) < 4.78 is 20.4. The molecule has 0 spiro atoms. The molecule has 0 aliphatic rings. The summed E-state index contributed by atoms with van der Waals surface area (Å²) in [7, 11) is 1.54. The van der Waals surface area contributed by atoms with E-state index in [1.807, 2.05) is 0 Å². The Morgan fingerprint density at radius 1 is 1.20 bits per heavy atom. The predicted molar refractivity (Wildman–Crippen MR) is 106 cm³/mol. The first kappa shape index (κ1) is 21.3. The second-order valence-electron chi connectivity index (χ2n) is 5.95. The number of benzene rings is 2. The fourth-order valence-corrected chi connectivity index (χ4v) is 3.31. The molecule has 0 aliphatic carbocycles. The van der Waals surface area contributed by atoms with Gasteiger partial charge >= 0.3 is 0 Å². The number of nitrogens with zero attached hydrogens (tertiary/aromatic N) is 3. The predicted octanol–water partition coefficient (Wildman–Crippen LogP) is 1.94. The zero-order valence-corrected chi connectivity index (χ0v) is 16.6. The number of halogens is 1. The van der Waals surface area contributed by atoms with Gasteiger partial charge in [0.1, 0.15) is 11.6 Å². The van der Waals surface area contributed by atoms with Crippen LogP contribution in [0.25, 0.3) is 5.69 Å². The quantitative estimate of drug-likeness (QED) is 0.283. The molecule has 2 amide bonds. The number of ether oxygens (including phenoxy) is 1. The third-order valence-electron chi connectivity index (χ3n) is 3.98. The smallest absolute Gasteiger partial charge is 0.253 e.